The van der Waals surface area contributed by atoms with Crippen molar-refractivity contribution in [1.29, 1.82) is 0 Å². The summed E-state index contributed by atoms with van der Waals surface area (Å²) in [6, 6.07) is 9.46. The van der Waals surface area contributed by atoms with Gasteiger partial charge in [-0.15, -0.1) is 0 Å². The summed E-state index contributed by atoms with van der Waals surface area (Å²) in [5.74, 6) is -0.210. The van der Waals surface area contributed by atoms with Gasteiger partial charge in [0.15, 0.2) is 9.84 Å². The fourth-order valence-corrected chi connectivity index (χ4v) is 5.39. The number of benzene rings is 1. The lowest BCUT2D eigenvalue weighted by molar-refractivity contribution is -0.137. The Kier molecular flexibility index (Phi) is 7.02. The van der Waals surface area contributed by atoms with Gasteiger partial charge in [-0.2, -0.15) is 13.2 Å². The van der Waals surface area contributed by atoms with Gasteiger partial charge in [-0.05, 0) is 60.4 Å². The van der Waals surface area contributed by atoms with Crippen LogP contribution in [0.1, 0.15) is 48.2 Å². The van der Waals surface area contributed by atoms with Crippen molar-refractivity contribution < 1.29 is 31.2 Å². The standard InChI is InChI=1S/C27H26F3N5O4S/c1-16(36)34-14-17-11-22(40(2,38)39)8-9-23(17)25(34)26(37)33-19-5-10-24(32-13-19)35(21-6-7-21)15-20-4-3-18(12-31-20)27(28,29)30/h3-5,8-13,21,25H,6-7,14-15H2,1-2H3,(H,33,37)/t25-/m1/s1. The number of sulfone groups is 1. The van der Waals surface area contributed by atoms with E-state index < -0.39 is 33.5 Å². The minimum Gasteiger partial charge on any atom is -0.348 e. The van der Waals surface area contributed by atoms with Gasteiger partial charge in [0.25, 0.3) is 5.91 Å². The van der Waals surface area contributed by atoms with E-state index in [1.807, 2.05) is 4.90 Å². The monoisotopic (exact) mass is 573 g/mol. The number of anilines is 2. The topological polar surface area (TPSA) is 113 Å². The fraction of sp³-hybridized carbons (Fsp3) is 0.333. The lowest BCUT2D eigenvalue weighted by Gasteiger charge is -2.24. The van der Waals surface area contributed by atoms with Crippen LogP contribution >= 0.6 is 0 Å². The third-order valence-electron chi connectivity index (χ3n) is 6.92. The van der Waals surface area contributed by atoms with Gasteiger partial charge in [0.05, 0.1) is 34.6 Å². The number of carbonyl (C=O) groups is 2. The van der Waals surface area contributed by atoms with Crippen LogP contribution in [-0.4, -0.2) is 47.4 Å². The molecule has 1 fully saturated rings. The summed E-state index contributed by atoms with van der Waals surface area (Å²) in [5.41, 5.74) is 1.19. The summed E-state index contributed by atoms with van der Waals surface area (Å²) in [5, 5.41) is 2.78. The number of fused-ring (bicyclic) bond motifs is 1. The van der Waals surface area contributed by atoms with Crippen molar-refractivity contribution in [3.05, 3.63) is 77.2 Å². The highest BCUT2D eigenvalue weighted by Crippen LogP contribution is 2.37. The number of carbonyl (C=O) groups excluding carboxylic acids is 2. The molecule has 0 spiro atoms. The molecule has 0 unspecified atom stereocenters. The van der Waals surface area contributed by atoms with E-state index in [1.165, 1.54) is 36.2 Å². The first-order valence-electron chi connectivity index (χ1n) is 12.5. The molecule has 13 heteroatoms. The van der Waals surface area contributed by atoms with Crippen LogP contribution in [0, 0.1) is 0 Å². The van der Waals surface area contributed by atoms with Gasteiger partial charge < -0.3 is 15.1 Å². The van der Waals surface area contributed by atoms with Gasteiger partial charge >= 0.3 is 6.18 Å². The normalized spacial score (nSPS) is 16.9. The predicted molar refractivity (Wildman–Crippen MR) is 140 cm³/mol. The molecular formula is C27H26F3N5O4S. The first kappa shape index (κ1) is 27.6. The summed E-state index contributed by atoms with van der Waals surface area (Å²) in [6.07, 6.45) is 0.777. The first-order valence-corrected chi connectivity index (χ1v) is 14.4. The second-order valence-corrected chi connectivity index (χ2v) is 12.0. The number of hydrogen-bond acceptors (Lipinski definition) is 7. The summed E-state index contributed by atoms with van der Waals surface area (Å²) in [7, 11) is -3.45. The number of rotatable bonds is 7. The van der Waals surface area contributed by atoms with Crippen molar-refractivity contribution in [2.45, 2.75) is 56.0 Å². The third kappa shape index (κ3) is 5.79. The van der Waals surface area contributed by atoms with Crippen LogP contribution in [-0.2, 0) is 38.7 Å². The molecule has 1 aliphatic carbocycles. The van der Waals surface area contributed by atoms with Crippen LogP contribution in [0.15, 0.2) is 59.8 Å². The Morgan fingerprint density at radius 1 is 1.07 bits per heavy atom. The lowest BCUT2D eigenvalue weighted by atomic mass is 10.0. The van der Waals surface area contributed by atoms with Crippen LogP contribution in [0.5, 0.6) is 0 Å². The number of nitrogens with one attached hydrogen (secondary N) is 1. The van der Waals surface area contributed by atoms with Crippen molar-refractivity contribution >= 4 is 33.2 Å². The number of alkyl halides is 3. The minimum absolute atomic E-state index is 0.109. The second-order valence-electron chi connectivity index (χ2n) is 9.97. The highest BCUT2D eigenvalue weighted by Gasteiger charge is 2.38. The molecule has 2 aromatic heterocycles. The Hall–Kier alpha value is -4.00. The molecule has 2 amide bonds. The molecule has 1 saturated carbocycles. The Balaban J connectivity index is 1.32. The van der Waals surface area contributed by atoms with Gasteiger partial charge in [0.2, 0.25) is 5.91 Å². The molecule has 5 rings (SSSR count). The number of aromatic nitrogens is 2. The maximum absolute atomic E-state index is 13.3. The van der Waals surface area contributed by atoms with Crippen molar-refractivity contribution in [2.75, 3.05) is 16.5 Å². The van der Waals surface area contributed by atoms with Crippen LogP contribution < -0.4 is 10.2 Å². The molecule has 0 saturated heterocycles. The molecule has 1 aromatic carbocycles. The van der Waals surface area contributed by atoms with Crippen molar-refractivity contribution in [2.24, 2.45) is 0 Å². The van der Waals surface area contributed by atoms with Gasteiger partial charge in [0.1, 0.15) is 11.9 Å². The summed E-state index contributed by atoms with van der Waals surface area (Å²) < 4.78 is 62.5. The second kappa shape index (κ2) is 10.2. The average Bonchev–Trinajstić information content (AvgIpc) is 3.65. The van der Waals surface area contributed by atoms with E-state index in [-0.39, 0.29) is 29.9 Å². The Morgan fingerprint density at radius 2 is 1.82 bits per heavy atom. The van der Waals surface area contributed by atoms with Gasteiger partial charge in [-0.25, -0.2) is 13.4 Å². The fourth-order valence-electron chi connectivity index (χ4n) is 4.72. The number of amides is 2. The molecule has 0 bridgehead atoms. The van der Waals surface area contributed by atoms with E-state index >= 15 is 0 Å². The Morgan fingerprint density at radius 3 is 2.38 bits per heavy atom. The zero-order valence-corrected chi connectivity index (χ0v) is 22.5. The van der Waals surface area contributed by atoms with Gasteiger partial charge in [-0.3, -0.25) is 14.6 Å². The molecule has 1 N–H and O–H groups in total. The van der Waals surface area contributed by atoms with Crippen molar-refractivity contribution in [3.63, 3.8) is 0 Å². The summed E-state index contributed by atoms with van der Waals surface area (Å²) >= 11 is 0. The average molecular weight is 574 g/mol. The number of nitrogens with zero attached hydrogens (tertiary/aromatic N) is 4. The van der Waals surface area contributed by atoms with Crippen LogP contribution in [0.4, 0.5) is 24.7 Å². The molecule has 1 atom stereocenters. The molecule has 3 heterocycles. The quantitative estimate of drug-likeness (QED) is 0.453. The minimum atomic E-state index is -4.45. The highest BCUT2D eigenvalue weighted by atomic mass is 32.2. The van der Waals surface area contributed by atoms with E-state index in [0.717, 1.165) is 31.4 Å². The Labute approximate surface area is 229 Å². The summed E-state index contributed by atoms with van der Waals surface area (Å²) in [6.45, 7) is 1.74. The molecule has 210 valence electrons. The first-order chi connectivity index (χ1) is 18.8. The smallest absolute Gasteiger partial charge is 0.348 e. The maximum Gasteiger partial charge on any atom is 0.417 e. The number of pyridine rings is 2. The van der Waals surface area contributed by atoms with E-state index in [0.29, 0.717) is 28.3 Å². The highest BCUT2D eigenvalue weighted by molar-refractivity contribution is 7.90. The largest absolute Gasteiger partial charge is 0.417 e. The maximum atomic E-state index is 13.3. The zero-order chi connectivity index (χ0) is 28.8. The molecule has 40 heavy (non-hydrogen) atoms. The molecular weight excluding hydrogens is 547 g/mol. The Bertz CT molecular complexity index is 1560. The van der Waals surface area contributed by atoms with Crippen molar-refractivity contribution in [1.82, 2.24) is 14.9 Å². The van der Waals surface area contributed by atoms with E-state index in [4.69, 9.17) is 0 Å². The number of hydrogen-bond donors (Lipinski definition) is 1. The van der Waals surface area contributed by atoms with E-state index in [1.54, 1.807) is 18.2 Å². The zero-order valence-electron chi connectivity index (χ0n) is 21.6. The predicted octanol–water partition coefficient (Wildman–Crippen LogP) is 4.11. The molecule has 9 nitrogen and oxygen atoms in total. The summed E-state index contributed by atoms with van der Waals surface area (Å²) in [4.78, 5) is 37.5. The lowest BCUT2D eigenvalue weighted by Crippen LogP contribution is -2.35. The van der Waals surface area contributed by atoms with Crippen LogP contribution in [0.3, 0.4) is 0 Å². The van der Waals surface area contributed by atoms with Crippen LogP contribution in [0.2, 0.25) is 0 Å². The third-order valence-corrected chi connectivity index (χ3v) is 8.03. The molecule has 1 aliphatic heterocycles. The van der Waals surface area contributed by atoms with E-state index in [2.05, 4.69) is 15.3 Å². The van der Waals surface area contributed by atoms with Crippen LogP contribution in [0.25, 0.3) is 0 Å². The van der Waals surface area contributed by atoms with Gasteiger partial charge in [-0.1, -0.05) is 6.07 Å². The molecule has 2 aliphatic rings. The van der Waals surface area contributed by atoms with Crippen molar-refractivity contribution in [3.8, 4) is 0 Å². The molecule has 0 radical (unpaired) electrons. The van der Waals surface area contributed by atoms with Gasteiger partial charge in [0, 0.05) is 32.0 Å². The van der Waals surface area contributed by atoms with E-state index in [9.17, 15) is 31.2 Å². The molecule has 3 aromatic rings. The SMILES string of the molecule is CC(=O)N1Cc2cc(S(C)(=O)=O)ccc2[C@@H]1C(=O)Nc1ccc(N(Cc2ccc(C(F)(F)F)cn2)C2CC2)nc1. The number of halogens is 3.